The van der Waals surface area contributed by atoms with Gasteiger partial charge in [-0.1, -0.05) is 158 Å². The number of fused-ring (bicyclic) bond motifs is 14. The van der Waals surface area contributed by atoms with Crippen molar-refractivity contribution in [2.24, 2.45) is 0 Å². The summed E-state index contributed by atoms with van der Waals surface area (Å²) in [5, 5.41) is 5.97. The molecule has 9 aromatic carbocycles. The standard InChI is InChI=1S/C55H32N2OS/c1-2-14-33(15-3-1)54-56-51(53-52(57-54)41-20-8-13-25-50(41)59-53)40-28-27-37(38-18-6-7-19-39(38)40)36-26-29-44-42(31-36)43-30-34-16-4-5-17-35(34)32-47(43)55(44)45-21-9-11-23-48(45)58-49-24-12-10-22-46(49)55/h1-32H. The van der Waals surface area contributed by atoms with Gasteiger partial charge in [-0.25, -0.2) is 9.97 Å². The summed E-state index contributed by atoms with van der Waals surface area (Å²) >= 11 is 1.77. The first-order valence-electron chi connectivity index (χ1n) is 20.1. The van der Waals surface area contributed by atoms with E-state index in [0.717, 1.165) is 55.1 Å². The lowest BCUT2D eigenvalue weighted by atomic mass is 9.66. The van der Waals surface area contributed by atoms with Gasteiger partial charge in [0.1, 0.15) is 11.5 Å². The van der Waals surface area contributed by atoms with Gasteiger partial charge in [-0.2, -0.15) is 0 Å². The zero-order valence-electron chi connectivity index (χ0n) is 31.7. The molecule has 0 saturated heterocycles. The van der Waals surface area contributed by atoms with Crippen LogP contribution in [0.1, 0.15) is 22.3 Å². The van der Waals surface area contributed by atoms with Crippen molar-refractivity contribution >= 4 is 53.2 Å². The average Bonchev–Trinajstić information content (AvgIpc) is 3.81. The fourth-order valence-electron chi connectivity index (χ4n) is 10.0. The molecule has 274 valence electrons. The van der Waals surface area contributed by atoms with Gasteiger partial charge in [0.25, 0.3) is 0 Å². The first-order valence-corrected chi connectivity index (χ1v) is 20.9. The van der Waals surface area contributed by atoms with Gasteiger partial charge in [-0.05, 0) is 91.3 Å². The molecule has 4 heteroatoms. The highest BCUT2D eigenvalue weighted by Crippen LogP contribution is 2.63. The van der Waals surface area contributed by atoms with Gasteiger partial charge >= 0.3 is 0 Å². The zero-order chi connectivity index (χ0) is 38.7. The van der Waals surface area contributed by atoms with E-state index in [0.29, 0.717) is 0 Å². The maximum absolute atomic E-state index is 6.64. The van der Waals surface area contributed by atoms with Gasteiger partial charge in [-0.15, -0.1) is 11.3 Å². The van der Waals surface area contributed by atoms with Crippen LogP contribution in [0.4, 0.5) is 0 Å². The molecule has 3 nitrogen and oxygen atoms in total. The van der Waals surface area contributed by atoms with Crippen LogP contribution in [0, 0.1) is 0 Å². The molecule has 0 saturated carbocycles. The number of nitrogens with zero attached hydrogens (tertiary/aromatic N) is 2. The maximum atomic E-state index is 6.64. The van der Waals surface area contributed by atoms with E-state index < -0.39 is 5.41 Å². The molecule has 1 aliphatic heterocycles. The molecule has 2 aliphatic rings. The normalized spacial score (nSPS) is 13.4. The maximum Gasteiger partial charge on any atom is 0.160 e. The van der Waals surface area contributed by atoms with Crippen molar-refractivity contribution in [2.45, 2.75) is 5.41 Å². The lowest BCUT2D eigenvalue weighted by Crippen LogP contribution is -2.32. The average molecular weight is 769 g/mol. The Morgan fingerprint density at radius 1 is 0.407 bits per heavy atom. The zero-order valence-corrected chi connectivity index (χ0v) is 32.5. The molecule has 59 heavy (non-hydrogen) atoms. The molecule has 0 radical (unpaired) electrons. The second-order valence-electron chi connectivity index (χ2n) is 15.6. The molecule has 2 aromatic heterocycles. The summed E-state index contributed by atoms with van der Waals surface area (Å²) in [6.45, 7) is 0. The molecule has 1 spiro atoms. The SMILES string of the molecule is c1ccc(-c2nc(-c3ccc(-c4ccc5c(c4)-c4cc6ccccc6cc4C54c5ccccc5Oc5ccccc54)c4ccccc34)c3sc4ccccc4c3n2)cc1. The Balaban J connectivity index is 1.06. The summed E-state index contributed by atoms with van der Waals surface area (Å²) < 4.78 is 8.95. The lowest BCUT2D eigenvalue weighted by Gasteiger charge is -2.39. The van der Waals surface area contributed by atoms with Crippen molar-refractivity contribution in [2.75, 3.05) is 0 Å². The van der Waals surface area contributed by atoms with E-state index in [1.807, 2.05) is 6.07 Å². The largest absolute Gasteiger partial charge is 0.457 e. The first-order chi connectivity index (χ1) is 29.2. The van der Waals surface area contributed by atoms with Crippen LogP contribution in [0.15, 0.2) is 194 Å². The molecular weight excluding hydrogens is 737 g/mol. The summed E-state index contributed by atoms with van der Waals surface area (Å²) in [6.07, 6.45) is 0. The van der Waals surface area contributed by atoms with E-state index in [9.17, 15) is 0 Å². The third-order valence-corrected chi connectivity index (χ3v) is 13.7. The Kier molecular flexibility index (Phi) is 6.81. The quantitative estimate of drug-likeness (QED) is 0.180. The Morgan fingerprint density at radius 2 is 1.02 bits per heavy atom. The monoisotopic (exact) mass is 768 g/mol. The number of para-hydroxylation sites is 2. The van der Waals surface area contributed by atoms with Crippen molar-refractivity contribution in [1.82, 2.24) is 9.97 Å². The third-order valence-electron chi connectivity index (χ3n) is 12.5. The highest BCUT2D eigenvalue weighted by Gasteiger charge is 2.51. The van der Waals surface area contributed by atoms with Gasteiger partial charge in [0.05, 0.1) is 21.3 Å². The summed E-state index contributed by atoms with van der Waals surface area (Å²) in [7, 11) is 0. The van der Waals surface area contributed by atoms with E-state index in [2.05, 4.69) is 188 Å². The molecule has 11 aromatic rings. The highest BCUT2D eigenvalue weighted by atomic mass is 32.1. The number of benzene rings is 9. The van der Waals surface area contributed by atoms with Gasteiger partial charge in [0.2, 0.25) is 0 Å². The molecule has 0 unspecified atom stereocenters. The van der Waals surface area contributed by atoms with Crippen LogP contribution < -0.4 is 4.74 Å². The van der Waals surface area contributed by atoms with Crippen molar-refractivity contribution in [1.29, 1.82) is 0 Å². The van der Waals surface area contributed by atoms with E-state index in [4.69, 9.17) is 14.7 Å². The third kappa shape index (κ3) is 4.58. The van der Waals surface area contributed by atoms with Gasteiger partial charge < -0.3 is 4.74 Å². The minimum Gasteiger partial charge on any atom is -0.457 e. The Morgan fingerprint density at radius 3 is 1.80 bits per heavy atom. The first kappa shape index (κ1) is 32.7. The molecular formula is C55H32N2OS. The Hall–Kier alpha value is -7.40. The van der Waals surface area contributed by atoms with Crippen molar-refractivity contribution < 1.29 is 4.74 Å². The number of aromatic nitrogens is 2. The van der Waals surface area contributed by atoms with Gasteiger partial charge in [-0.3, -0.25) is 0 Å². The minimum absolute atomic E-state index is 0.538. The number of hydrogen-bond acceptors (Lipinski definition) is 4. The fraction of sp³-hybridized carbons (Fsp3) is 0.0182. The topological polar surface area (TPSA) is 35.0 Å². The van der Waals surface area contributed by atoms with Crippen LogP contribution in [0.5, 0.6) is 11.5 Å². The van der Waals surface area contributed by atoms with E-state index in [1.54, 1.807) is 11.3 Å². The summed E-state index contributed by atoms with van der Waals surface area (Å²) in [6, 6.07) is 70.2. The predicted octanol–water partition coefficient (Wildman–Crippen LogP) is 14.6. The van der Waals surface area contributed by atoms with Crippen molar-refractivity contribution in [3.63, 3.8) is 0 Å². The van der Waals surface area contributed by atoms with Gasteiger partial charge in [0.15, 0.2) is 5.82 Å². The van der Waals surface area contributed by atoms with Crippen LogP contribution in [0.2, 0.25) is 0 Å². The smallest absolute Gasteiger partial charge is 0.160 e. The van der Waals surface area contributed by atoms with Crippen LogP contribution >= 0.6 is 11.3 Å². The summed E-state index contributed by atoms with van der Waals surface area (Å²) in [4.78, 5) is 10.6. The molecule has 0 bridgehead atoms. The van der Waals surface area contributed by atoms with Gasteiger partial charge in [0, 0.05) is 32.3 Å². The molecule has 0 N–H and O–H groups in total. The summed E-state index contributed by atoms with van der Waals surface area (Å²) in [5.41, 5.74) is 13.3. The van der Waals surface area contributed by atoms with Crippen LogP contribution in [-0.4, -0.2) is 9.97 Å². The second kappa shape index (κ2) is 12.3. The van der Waals surface area contributed by atoms with Crippen LogP contribution in [0.3, 0.4) is 0 Å². The minimum atomic E-state index is -0.538. The Bertz CT molecular complexity index is 3500. The number of rotatable bonds is 3. The number of thiophene rings is 1. The van der Waals surface area contributed by atoms with Crippen molar-refractivity contribution in [3.8, 4) is 56.4 Å². The number of hydrogen-bond donors (Lipinski definition) is 0. The van der Waals surface area contributed by atoms with E-state index in [1.165, 1.54) is 65.4 Å². The second-order valence-corrected chi connectivity index (χ2v) is 16.6. The summed E-state index contributed by atoms with van der Waals surface area (Å²) in [5.74, 6) is 2.54. The highest BCUT2D eigenvalue weighted by molar-refractivity contribution is 7.26. The lowest BCUT2D eigenvalue weighted by molar-refractivity contribution is 0.436. The van der Waals surface area contributed by atoms with Crippen molar-refractivity contribution in [3.05, 3.63) is 216 Å². The molecule has 3 heterocycles. The Labute approximate surface area is 344 Å². The number of ether oxygens (including phenoxy) is 1. The predicted molar refractivity (Wildman–Crippen MR) is 244 cm³/mol. The van der Waals surface area contributed by atoms with E-state index >= 15 is 0 Å². The fourth-order valence-corrected chi connectivity index (χ4v) is 11.1. The molecule has 0 fully saturated rings. The molecule has 0 amide bonds. The molecule has 13 rings (SSSR count). The van der Waals surface area contributed by atoms with Crippen LogP contribution in [0.25, 0.3) is 86.7 Å². The van der Waals surface area contributed by atoms with E-state index in [-0.39, 0.29) is 0 Å². The molecule has 0 atom stereocenters. The van der Waals surface area contributed by atoms with Crippen LogP contribution in [-0.2, 0) is 5.41 Å². The molecule has 1 aliphatic carbocycles.